The molecule has 0 aliphatic carbocycles. The number of thiol groups is 1. The van der Waals surface area contributed by atoms with E-state index in [4.69, 9.17) is 9.47 Å². The van der Waals surface area contributed by atoms with Crippen LogP contribution in [0.4, 0.5) is 0 Å². The molecule has 2 rings (SSSR count). The van der Waals surface area contributed by atoms with Gasteiger partial charge in [0.15, 0.2) is 0 Å². The normalized spacial score (nSPS) is 17.7. The fourth-order valence-corrected chi connectivity index (χ4v) is 2.97. The van der Waals surface area contributed by atoms with Crippen LogP contribution in [0.15, 0.2) is 6.07 Å². The summed E-state index contributed by atoms with van der Waals surface area (Å²) < 4.78 is 11.0. The lowest BCUT2D eigenvalue weighted by Crippen LogP contribution is -2.49. The van der Waals surface area contributed by atoms with E-state index >= 15 is 0 Å². The zero-order valence-corrected chi connectivity index (χ0v) is 11.9. The van der Waals surface area contributed by atoms with E-state index in [0.717, 1.165) is 24.7 Å². The van der Waals surface area contributed by atoms with Gasteiger partial charge in [-0.2, -0.15) is 12.6 Å². The first-order valence-electron chi connectivity index (χ1n) is 5.89. The van der Waals surface area contributed by atoms with Gasteiger partial charge in [-0.25, -0.2) is 0 Å². The highest BCUT2D eigenvalue weighted by atomic mass is 32.1. The minimum absolute atomic E-state index is 0.0387. The molecule has 0 radical (unpaired) electrons. The SMILES string of the molecule is COc1c(C)c(C)cc(C)c1C1(CS)COC1. The molecule has 1 fully saturated rings. The van der Waals surface area contributed by atoms with Gasteiger partial charge in [-0.05, 0) is 37.5 Å². The molecule has 3 heteroatoms. The second-order valence-corrected chi connectivity index (χ2v) is 5.29. The summed E-state index contributed by atoms with van der Waals surface area (Å²) >= 11 is 4.50. The smallest absolute Gasteiger partial charge is 0.126 e. The molecule has 1 aliphatic rings. The number of aryl methyl sites for hydroxylation is 2. The average Bonchev–Trinajstić information content (AvgIpc) is 2.24. The Morgan fingerprint density at radius 2 is 1.94 bits per heavy atom. The third kappa shape index (κ3) is 1.85. The topological polar surface area (TPSA) is 18.5 Å². The predicted octanol–water partition coefficient (Wildman–Crippen LogP) is 2.82. The van der Waals surface area contributed by atoms with Crippen LogP contribution in [-0.4, -0.2) is 26.1 Å². The van der Waals surface area contributed by atoms with Gasteiger partial charge in [0.1, 0.15) is 5.75 Å². The summed E-state index contributed by atoms with van der Waals surface area (Å²) in [5.41, 5.74) is 5.10. The summed E-state index contributed by atoms with van der Waals surface area (Å²) in [5, 5.41) is 0. The molecule has 0 spiro atoms. The van der Waals surface area contributed by atoms with Crippen LogP contribution in [0, 0.1) is 20.8 Å². The maximum Gasteiger partial charge on any atom is 0.126 e. The van der Waals surface area contributed by atoms with Crippen molar-refractivity contribution in [3.63, 3.8) is 0 Å². The first-order valence-corrected chi connectivity index (χ1v) is 6.53. The Balaban J connectivity index is 2.63. The molecule has 1 aromatic carbocycles. The van der Waals surface area contributed by atoms with Crippen molar-refractivity contribution in [2.75, 3.05) is 26.1 Å². The van der Waals surface area contributed by atoms with Gasteiger partial charge in [0.2, 0.25) is 0 Å². The molecule has 0 bridgehead atoms. The molecule has 0 N–H and O–H groups in total. The number of hydrogen-bond acceptors (Lipinski definition) is 3. The molecule has 1 saturated heterocycles. The minimum atomic E-state index is 0.0387. The maximum atomic E-state index is 5.63. The van der Waals surface area contributed by atoms with Crippen molar-refractivity contribution < 1.29 is 9.47 Å². The molecule has 0 atom stereocenters. The van der Waals surface area contributed by atoms with Gasteiger partial charge >= 0.3 is 0 Å². The third-order valence-corrected chi connectivity index (χ3v) is 4.39. The number of ether oxygens (including phenoxy) is 2. The molecular formula is C14H20O2S. The van der Waals surface area contributed by atoms with Crippen LogP contribution in [-0.2, 0) is 10.2 Å². The third-order valence-electron chi connectivity index (χ3n) is 3.78. The summed E-state index contributed by atoms with van der Waals surface area (Å²) in [6, 6.07) is 2.23. The molecule has 2 nitrogen and oxygen atoms in total. The van der Waals surface area contributed by atoms with E-state index in [1.54, 1.807) is 7.11 Å². The van der Waals surface area contributed by atoms with E-state index in [1.165, 1.54) is 22.3 Å². The minimum Gasteiger partial charge on any atom is -0.496 e. The van der Waals surface area contributed by atoms with Crippen LogP contribution in [0.3, 0.4) is 0 Å². The van der Waals surface area contributed by atoms with E-state index in [9.17, 15) is 0 Å². The fraction of sp³-hybridized carbons (Fsp3) is 0.571. The molecule has 94 valence electrons. The summed E-state index contributed by atoms with van der Waals surface area (Å²) in [5.74, 6) is 1.81. The lowest BCUT2D eigenvalue weighted by molar-refractivity contribution is -0.0483. The highest BCUT2D eigenvalue weighted by Crippen LogP contribution is 2.43. The summed E-state index contributed by atoms with van der Waals surface area (Å²) in [7, 11) is 1.75. The molecule has 1 heterocycles. The van der Waals surface area contributed by atoms with Gasteiger partial charge in [0.05, 0.1) is 25.7 Å². The van der Waals surface area contributed by atoms with Gasteiger partial charge in [-0.3, -0.25) is 0 Å². The van der Waals surface area contributed by atoms with Crippen molar-refractivity contribution in [1.29, 1.82) is 0 Å². The Kier molecular flexibility index (Phi) is 3.41. The second-order valence-electron chi connectivity index (χ2n) is 4.97. The lowest BCUT2D eigenvalue weighted by Gasteiger charge is -2.42. The average molecular weight is 252 g/mol. The first kappa shape index (κ1) is 12.8. The molecule has 0 aromatic heterocycles. The zero-order valence-electron chi connectivity index (χ0n) is 11.0. The van der Waals surface area contributed by atoms with Crippen molar-refractivity contribution >= 4 is 12.6 Å². The number of hydrogen-bond donors (Lipinski definition) is 1. The Morgan fingerprint density at radius 1 is 1.29 bits per heavy atom. The highest BCUT2D eigenvalue weighted by molar-refractivity contribution is 7.80. The van der Waals surface area contributed by atoms with Crippen LogP contribution >= 0.6 is 12.6 Å². The number of rotatable bonds is 3. The van der Waals surface area contributed by atoms with E-state index in [0.29, 0.717) is 0 Å². The summed E-state index contributed by atoms with van der Waals surface area (Å²) in [6.07, 6.45) is 0. The van der Waals surface area contributed by atoms with E-state index in [1.807, 2.05) is 0 Å². The van der Waals surface area contributed by atoms with Gasteiger partial charge in [0, 0.05) is 11.3 Å². The van der Waals surface area contributed by atoms with Gasteiger partial charge in [-0.1, -0.05) is 6.07 Å². The van der Waals surface area contributed by atoms with Crippen LogP contribution in [0.1, 0.15) is 22.3 Å². The zero-order chi connectivity index (χ0) is 12.6. The van der Waals surface area contributed by atoms with Crippen LogP contribution in [0.25, 0.3) is 0 Å². The molecule has 0 amide bonds. The summed E-state index contributed by atoms with van der Waals surface area (Å²) in [6.45, 7) is 7.88. The van der Waals surface area contributed by atoms with Gasteiger partial charge < -0.3 is 9.47 Å². The molecule has 0 unspecified atom stereocenters. The second kappa shape index (κ2) is 4.54. The van der Waals surface area contributed by atoms with Crippen LogP contribution < -0.4 is 4.74 Å². The standard InChI is InChI=1S/C14H20O2S/c1-9-5-10(2)12(13(15-4)11(9)3)14(8-17)6-16-7-14/h5,17H,6-8H2,1-4H3. The monoisotopic (exact) mass is 252 g/mol. The quantitative estimate of drug-likeness (QED) is 0.834. The Bertz CT molecular complexity index is 431. The van der Waals surface area contributed by atoms with Crippen molar-refractivity contribution in [1.82, 2.24) is 0 Å². The van der Waals surface area contributed by atoms with Gasteiger partial charge in [-0.15, -0.1) is 0 Å². The van der Waals surface area contributed by atoms with Crippen molar-refractivity contribution in [3.8, 4) is 5.75 Å². The molecular weight excluding hydrogens is 232 g/mol. The maximum absolute atomic E-state index is 5.63. The molecule has 1 aromatic rings. The van der Waals surface area contributed by atoms with E-state index in [-0.39, 0.29) is 5.41 Å². The van der Waals surface area contributed by atoms with E-state index < -0.39 is 0 Å². The lowest BCUT2D eigenvalue weighted by atomic mass is 9.76. The van der Waals surface area contributed by atoms with E-state index in [2.05, 4.69) is 39.5 Å². The molecule has 1 aliphatic heterocycles. The Hall–Kier alpha value is -0.670. The summed E-state index contributed by atoms with van der Waals surface area (Å²) in [4.78, 5) is 0. The van der Waals surface area contributed by atoms with Crippen molar-refractivity contribution in [2.45, 2.75) is 26.2 Å². The van der Waals surface area contributed by atoms with Crippen molar-refractivity contribution in [2.24, 2.45) is 0 Å². The Morgan fingerprint density at radius 3 is 2.35 bits per heavy atom. The molecule has 17 heavy (non-hydrogen) atoms. The van der Waals surface area contributed by atoms with Crippen molar-refractivity contribution in [3.05, 3.63) is 28.3 Å². The fourth-order valence-electron chi connectivity index (χ4n) is 2.63. The van der Waals surface area contributed by atoms with Crippen LogP contribution in [0.5, 0.6) is 5.75 Å². The molecule has 0 saturated carbocycles. The Labute approximate surface area is 109 Å². The number of methoxy groups -OCH3 is 1. The van der Waals surface area contributed by atoms with Gasteiger partial charge in [0.25, 0.3) is 0 Å². The highest BCUT2D eigenvalue weighted by Gasteiger charge is 2.42. The first-order chi connectivity index (χ1) is 8.05. The largest absolute Gasteiger partial charge is 0.496 e. The number of benzene rings is 1. The predicted molar refractivity (Wildman–Crippen MR) is 73.6 cm³/mol. The van der Waals surface area contributed by atoms with Crippen LogP contribution in [0.2, 0.25) is 0 Å².